The fraction of sp³-hybridized carbons (Fsp3) is 0.789. The molecule has 24 heavy (non-hydrogen) atoms. The number of hydrogen-bond donors (Lipinski definition) is 3. The maximum Gasteiger partial charge on any atom is 0.314 e. The molecule has 0 aliphatic rings. The maximum atomic E-state index is 11.4. The van der Waals surface area contributed by atoms with Gasteiger partial charge in [-0.25, -0.2) is 4.79 Å². The Hall–Kier alpha value is -1.52. The summed E-state index contributed by atoms with van der Waals surface area (Å²) in [6.07, 6.45) is 16.5. The molecule has 5 heteroatoms. The first kappa shape index (κ1) is 22.5. The van der Waals surface area contributed by atoms with Crippen LogP contribution in [0.3, 0.4) is 0 Å². The normalized spacial score (nSPS) is 10.9. The van der Waals surface area contributed by atoms with Gasteiger partial charge in [-0.2, -0.15) is 0 Å². The number of allylic oxidation sites excluding steroid dienone is 2. The second kappa shape index (κ2) is 17.8. The number of nitrogens with one attached hydrogen (secondary N) is 2. The third-order valence-electron chi connectivity index (χ3n) is 3.83. The van der Waals surface area contributed by atoms with E-state index >= 15 is 0 Å². The van der Waals surface area contributed by atoms with Crippen molar-refractivity contribution in [1.29, 1.82) is 0 Å². The topological polar surface area (TPSA) is 78.4 Å². The highest BCUT2D eigenvalue weighted by Crippen LogP contribution is 2.07. The lowest BCUT2D eigenvalue weighted by Gasteiger charge is -2.06. The van der Waals surface area contributed by atoms with E-state index in [-0.39, 0.29) is 6.03 Å². The van der Waals surface area contributed by atoms with Gasteiger partial charge in [-0.1, -0.05) is 44.8 Å². The lowest BCUT2D eigenvalue weighted by Crippen LogP contribution is -2.36. The summed E-state index contributed by atoms with van der Waals surface area (Å²) in [4.78, 5) is 21.7. The highest BCUT2D eigenvalue weighted by molar-refractivity contribution is 5.73. The van der Waals surface area contributed by atoms with Gasteiger partial charge in [0.25, 0.3) is 0 Å². The van der Waals surface area contributed by atoms with Crippen LogP contribution in [0.4, 0.5) is 4.79 Å². The zero-order valence-corrected chi connectivity index (χ0v) is 15.3. The van der Waals surface area contributed by atoms with Gasteiger partial charge in [-0.05, 0) is 44.9 Å². The van der Waals surface area contributed by atoms with Gasteiger partial charge < -0.3 is 15.7 Å². The van der Waals surface area contributed by atoms with E-state index in [2.05, 4.69) is 29.7 Å². The Labute approximate surface area is 147 Å². The predicted molar refractivity (Wildman–Crippen MR) is 99.3 cm³/mol. The van der Waals surface area contributed by atoms with Crippen molar-refractivity contribution in [3.63, 3.8) is 0 Å². The van der Waals surface area contributed by atoms with Gasteiger partial charge in [0.1, 0.15) is 0 Å². The third kappa shape index (κ3) is 18.5. The minimum Gasteiger partial charge on any atom is -0.481 e. The Morgan fingerprint density at radius 1 is 0.792 bits per heavy atom. The van der Waals surface area contributed by atoms with E-state index in [1.165, 1.54) is 0 Å². The minimum atomic E-state index is -0.692. The highest BCUT2D eigenvalue weighted by Gasteiger charge is 1.97. The molecule has 0 unspecified atom stereocenters. The molecule has 0 aliphatic heterocycles. The van der Waals surface area contributed by atoms with Crippen LogP contribution in [0.5, 0.6) is 0 Å². The molecule has 0 aromatic carbocycles. The van der Waals surface area contributed by atoms with E-state index in [1.807, 2.05) is 0 Å². The van der Waals surface area contributed by atoms with Gasteiger partial charge in [0, 0.05) is 19.5 Å². The Morgan fingerprint density at radius 3 is 1.92 bits per heavy atom. The zero-order valence-electron chi connectivity index (χ0n) is 15.3. The van der Waals surface area contributed by atoms with Crippen molar-refractivity contribution >= 4 is 12.0 Å². The molecule has 0 fully saturated rings. The van der Waals surface area contributed by atoms with Gasteiger partial charge in [-0.15, -0.1) is 0 Å². The van der Waals surface area contributed by atoms with E-state index in [4.69, 9.17) is 5.11 Å². The number of unbranched alkanes of at least 4 members (excludes halogenated alkanes) is 8. The van der Waals surface area contributed by atoms with Gasteiger partial charge in [0.2, 0.25) is 0 Å². The number of hydrogen-bond acceptors (Lipinski definition) is 2. The van der Waals surface area contributed by atoms with Gasteiger partial charge in [0.15, 0.2) is 0 Å². The van der Waals surface area contributed by atoms with Crippen LogP contribution in [-0.2, 0) is 4.79 Å². The molecule has 0 bridgehead atoms. The minimum absolute atomic E-state index is 0.0494. The molecule has 0 aliphatic carbocycles. The number of carboxylic acid groups (broad SMARTS) is 1. The molecule has 0 radical (unpaired) electrons. The van der Waals surface area contributed by atoms with Crippen molar-refractivity contribution in [2.45, 2.75) is 84.0 Å². The van der Waals surface area contributed by atoms with Crippen molar-refractivity contribution < 1.29 is 14.7 Å². The molecule has 0 spiro atoms. The molecule has 0 saturated carbocycles. The number of urea groups is 1. The van der Waals surface area contributed by atoms with Crippen molar-refractivity contribution in [3.05, 3.63) is 12.2 Å². The molecular weight excluding hydrogens is 304 g/mol. The largest absolute Gasteiger partial charge is 0.481 e. The van der Waals surface area contributed by atoms with E-state index in [0.29, 0.717) is 6.42 Å². The number of aliphatic carboxylic acids is 1. The molecule has 3 N–H and O–H groups in total. The molecule has 0 aromatic rings. The summed E-state index contributed by atoms with van der Waals surface area (Å²) < 4.78 is 0. The SMILES string of the molecule is CCCCNC(=O)NCCCCC/C=C\CCCCCCC(=O)O. The molecule has 140 valence electrons. The van der Waals surface area contributed by atoms with Crippen molar-refractivity contribution in [3.8, 4) is 0 Å². The Balaban J connectivity index is 3.21. The summed E-state index contributed by atoms with van der Waals surface area (Å²) >= 11 is 0. The van der Waals surface area contributed by atoms with E-state index < -0.39 is 5.97 Å². The molecule has 0 saturated heterocycles. The Bertz CT molecular complexity index is 344. The van der Waals surface area contributed by atoms with Crippen LogP contribution in [0.2, 0.25) is 0 Å². The first-order valence-electron chi connectivity index (χ1n) is 9.55. The van der Waals surface area contributed by atoms with Gasteiger partial charge >= 0.3 is 12.0 Å². The van der Waals surface area contributed by atoms with Crippen LogP contribution >= 0.6 is 0 Å². The van der Waals surface area contributed by atoms with Crippen LogP contribution in [0, 0.1) is 0 Å². The number of carbonyl (C=O) groups is 2. The summed E-state index contributed by atoms with van der Waals surface area (Å²) in [7, 11) is 0. The number of rotatable bonds is 16. The quantitative estimate of drug-likeness (QED) is 0.283. The standard InChI is InChI=1S/C19H36N2O3/c1-2-3-16-20-19(24)21-17-14-12-10-8-6-4-5-7-9-11-13-15-18(22)23/h4,6H,2-3,5,7-17H2,1H3,(H,22,23)(H2,20,21,24)/b6-4-. The van der Waals surface area contributed by atoms with Crippen molar-refractivity contribution in [2.24, 2.45) is 0 Å². The smallest absolute Gasteiger partial charge is 0.314 e. The molecule has 0 heterocycles. The monoisotopic (exact) mass is 340 g/mol. The van der Waals surface area contributed by atoms with Crippen LogP contribution in [0.25, 0.3) is 0 Å². The second-order valence-corrected chi connectivity index (χ2v) is 6.20. The lowest BCUT2D eigenvalue weighted by atomic mass is 10.1. The summed E-state index contributed by atoms with van der Waals surface area (Å²) in [6, 6.07) is -0.0494. The Kier molecular flexibility index (Phi) is 16.7. The molecule has 0 rings (SSSR count). The summed E-state index contributed by atoms with van der Waals surface area (Å²) in [5.74, 6) is -0.692. The van der Waals surface area contributed by atoms with E-state index in [1.54, 1.807) is 0 Å². The fourth-order valence-electron chi connectivity index (χ4n) is 2.33. The summed E-state index contributed by atoms with van der Waals surface area (Å²) in [6.45, 7) is 3.61. The number of carboxylic acids is 1. The number of carbonyl (C=O) groups excluding carboxylic acids is 1. The van der Waals surface area contributed by atoms with Gasteiger partial charge in [-0.3, -0.25) is 4.79 Å². The summed E-state index contributed by atoms with van der Waals surface area (Å²) in [5, 5.41) is 14.2. The fourth-order valence-corrected chi connectivity index (χ4v) is 2.33. The average molecular weight is 341 g/mol. The van der Waals surface area contributed by atoms with Gasteiger partial charge in [0.05, 0.1) is 0 Å². The first-order valence-corrected chi connectivity index (χ1v) is 9.55. The molecule has 0 aromatic heterocycles. The Morgan fingerprint density at radius 2 is 1.33 bits per heavy atom. The third-order valence-corrected chi connectivity index (χ3v) is 3.83. The van der Waals surface area contributed by atoms with Crippen LogP contribution in [-0.4, -0.2) is 30.2 Å². The van der Waals surface area contributed by atoms with Crippen molar-refractivity contribution in [1.82, 2.24) is 10.6 Å². The van der Waals surface area contributed by atoms with Crippen LogP contribution in [0.15, 0.2) is 12.2 Å². The van der Waals surface area contributed by atoms with E-state index in [0.717, 1.165) is 83.7 Å². The first-order chi connectivity index (χ1) is 11.7. The lowest BCUT2D eigenvalue weighted by molar-refractivity contribution is -0.137. The molecule has 0 atom stereocenters. The zero-order chi connectivity index (χ0) is 17.9. The van der Waals surface area contributed by atoms with Crippen LogP contribution in [0.1, 0.15) is 84.0 Å². The highest BCUT2D eigenvalue weighted by atomic mass is 16.4. The molecule has 2 amide bonds. The number of amides is 2. The van der Waals surface area contributed by atoms with E-state index in [9.17, 15) is 9.59 Å². The molecule has 5 nitrogen and oxygen atoms in total. The van der Waals surface area contributed by atoms with Crippen LogP contribution < -0.4 is 10.6 Å². The summed E-state index contributed by atoms with van der Waals surface area (Å²) in [5.41, 5.74) is 0. The predicted octanol–water partition coefficient (Wildman–Crippen LogP) is 4.63. The van der Waals surface area contributed by atoms with Crippen molar-refractivity contribution in [2.75, 3.05) is 13.1 Å². The maximum absolute atomic E-state index is 11.4. The molecular formula is C19H36N2O3. The average Bonchev–Trinajstić information content (AvgIpc) is 2.55. The second-order valence-electron chi connectivity index (χ2n) is 6.20.